The molecule has 0 saturated carbocycles. The molecule has 3 unspecified atom stereocenters. The molecule has 0 spiro atoms. The van der Waals surface area contributed by atoms with Gasteiger partial charge < -0.3 is 4.52 Å². The number of hydrogen-bond donors (Lipinski definition) is 0. The maximum absolute atomic E-state index is 12.3. The van der Waals surface area contributed by atoms with Gasteiger partial charge in [0.05, 0.1) is 12.1 Å². The minimum atomic E-state index is -4.61. The fourth-order valence-corrected chi connectivity index (χ4v) is 2.88. The first-order valence-corrected chi connectivity index (χ1v) is 5.41. The lowest BCUT2D eigenvalue weighted by Crippen LogP contribution is -2.33. The van der Waals surface area contributed by atoms with Crippen LogP contribution in [0.3, 0.4) is 0 Å². The Morgan fingerprint density at radius 2 is 2.21 bits per heavy atom. The molecule has 80 valence electrons. The number of halogens is 3. The average molecular weight is 228 g/mol. The molecule has 1 saturated heterocycles. The standard InChI is InChI=1S/C7H8F3O3P/c1-3-5-4-14(11,12-2)13-6(5)7(8,9)10/h1,5-6H,4H2,2H3. The van der Waals surface area contributed by atoms with E-state index in [-0.39, 0.29) is 6.16 Å². The van der Waals surface area contributed by atoms with Gasteiger partial charge in [0.1, 0.15) is 0 Å². The first-order valence-electron chi connectivity index (χ1n) is 3.68. The fourth-order valence-electron chi connectivity index (χ4n) is 1.17. The highest BCUT2D eigenvalue weighted by Gasteiger charge is 2.55. The lowest BCUT2D eigenvalue weighted by atomic mass is 10.1. The minimum absolute atomic E-state index is 0.385. The molecule has 7 heteroatoms. The van der Waals surface area contributed by atoms with E-state index in [9.17, 15) is 17.7 Å². The van der Waals surface area contributed by atoms with Crippen molar-refractivity contribution in [2.45, 2.75) is 12.3 Å². The SMILES string of the molecule is C#CC1CP(=O)(OC)OC1C(F)(F)F. The molecule has 1 rings (SSSR count). The van der Waals surface area contributed by atoms with Crippen molar-refractivity contribution in [3.63, 3.8) is 0 Å². The summed E-state index contributed by atoms with van der Waals surface area (Å²) in [5.41, 5.74) is 0. The smallest absolute Gasteiger partial charge is 0.312 e. The van der Waals surface area contributed by atoms with Crippen molar-refractivity contribution >= 4 is 7.60 Å². The zero-order chi connectivity index (χ0) is 11.0. The van der Waals surface area contributed by atoms with Crippen LogP contribution in [0.4, 0.5) is 13.2 Å². The van der Waals surface area contributed by atoms with Gasteiger partial charge in [-0.15, -0.1) is 6.42 Å². The van der Waals surface area contributed by atoms with Crippen LogP contribution in [0.25, 0.3) is 0 Å². The molecule has 0 aromatic heterocycles. The van der Waals surface area contributed by atoms with Crippen LogP contribution >= 0.6 is 7.60 Å². The summed E-state index contributed by atoms with van der Waals surface area (Å²) in [7, 11) is -2.60. The normalized spacial score (nSPS) is 38.2. The Morgan fingerprint density at radius 1 is 1.64 bits per heavy atom. The number of rotatable bonds is 1. The first kappa shape index (κ1) is 11.6. The Bertz CT molecular complexity index is 306. The molecular weight excluding hydrogens is 220 g/mol. The molecule has 3 atom stereocenters. The molecule has 0 aliphatic carbocycles. The van der Waals surface area contributed by atoms with Crippen LogP contribution in [-0.2, 0) is 13.6 Å². The molecule has 0 aromatic rings. The van der Waals surface area contributed by atoms with Crippen molar-refractivity contribution in [1.82, 2.24) is 0 Å². The number of terminal acetylenes is 1. The predicted octanol–water partition coefficient (Wildman–Crippen LogP) is 2.04. The Labute approximate surface area is 79.1 Å². The van der Waals surface area contributed by atoms with E-state index in [4.69, 9.17) is 6.42 Å². The number of alkyl halides is 3. The van der Waals surface area contributed by atoms with Crippen molar-refractivity contribution in [2.75, 3.05) is 13.3 Å². The topological polar surface area (TPSA) is 35.5 Å². The van der Waals surface area contributed by atoms with Gasteiger partial charge in [-0.05, 0) is 0 Å². The third kappa shape index (κ3) is 2.11. The summed E-state index contributed by atoms with van der Waals surface area (Å²) in [5.74, 6) is 0.677. The molecule has 0 N–H and O–H groups in total. The van der Waals surface area contributed by atoms with Gasteiger partial charge in [0.25, 0.3) is 0 Å². The zero-order valence-electron chi connectivity index (χ0n) is 7.25. The second-order valence-electron chi connectivity index (χ2n) is 2.82. The van der Waals surface area contributed by atoms with Crippen LogP contribution < -0.4 is 0 Å². The summed E-state index contributed by atoms with van der Waals surface area (Å²) in [6, 6.07) is 0. The molecule has 0 bridgehead atoms. The summed E-state index contributed by atoms with van der Waals surface area (Å²) in [6.45, 7) is 0. The third-order valence-corrected chi connectivity index (χ3v) is 3.82. The molecule has 0 aromatic carbocycles. The molecule has 14 heavy (non-hydrogen) atoms. The molecule has 1 heterocycles. The minimum Gasteiger partial charge on any atom is -0.312 e. The van der Waals surface area contributed by atoms with Gasteiger partial charge >= 0.3 is 13.8 Å². The van der Waals surface area contributed by atoms with Crippen LogP contribution in [0.2, 0.25) is 0 Å². The Morgan fingerprint density at radius 3 is 2.50 bits per heavy atom. The highest BCUT2D eigenvalue weighted by molar-refractivity contribution is 7.54. The fraction of sp³-hybridized carbons (Fsp3) is 0.714. The lowest BCUT2D eigenvalue weighted by Gasteiger charge is -2.16. The highest BCUT2D eigenvalue weighted by Crippen LogP contribution is 2.59. The quantitative estimate of drug-likeness (QED) is 0.508. The van der Waals surface area contributed by atoms with Crippen LogP contribution in [0.15, 0.2) is 0 Å². The van der Waals surface area contributed by atoms with Crippen molar-refractivity contribution in [1.29, 1.82) is 0 Å². The van der Waals surface area contributed by atoms with Crippen molar-refractivity contribution in [3.8, 4) is 12.3 Å². The van der Waals surface area contributed by atoms with Crippen LogP contribution in [0, 0.1) is 18.3 Å². The van der Waals surface area contributed by atoms with E-state index in [0.29, 0.717) is 0 Å². The van der Waals surface area contributed by atoms with Gasteiger partial charge in [-0.2, -0.15) is 13.2 Å². The Balaban J connectivity index is 2.90. The molecule has 0 radical (unpaired) electrons. The van der Waals surface area contributed by atoms with E-state index in [1.54, 1.807) is 0 Å². The predicted molar refractivity (Wildman–Crippen MR) is 42.7 cm³/mol. The Kier molecular flexibility index (Phi) is 2.96. The molecule has 3 nitrogen and oxygen atoms in total. The maximum atomic E-state index is 12.3. The van der Waals surface area contributed by atoms with E-state index < -0.39 is 25.8 Å². The first-order chi connectivity index (χ1) is 6.32. The van der Waals surface area contributed by atoms with Gasteiger partial charge in [0, 0.05) is 7.11 Å². The largest absolute Gasteiger partial charge is 0.416 e. The summed E-state index contributed by atoms with van der Waals surface area (Å²) in [4.78, 5) is 0. The van der Waals surface area contributed by atoms with E-state index in [1.165, 1.54) is 0 Å². The zero-order valence-corrected chi connectivity index (χ0v) is 8.14. The van der Waals surface area contributed by atoms with E-state index >= 15 is 0 Å². The van der Waals surface area contributed by atoms with Crippen LogP contribution in [-0.4, -0.2) is 25.6 Å². The highest BCUT2D eigenvalue weighted by atomic mass is 31.2. The van der Waals surface area contributed by atoms with Gasteiger partial charge in [-0.25, -0.2) is 0 Å². The van der Waals surface area contributed by atoms with E-state index in [0.717, 1.165) is 7.11 Å². The van der Waals surface area contributed by atoms with E-state index in [1.807, 2.05) is 5.92 Å². The van der Waals surface area contributed by atoms with Crippen molar-refractivity contribution < 1.29 is 26.8 Å². The summed E-state index contributed by atoms with van der Waals surface area (Å²) in [6.07, 6.45) is -2.29. The van der Waals surface area contributed by atoms with Gasteiger partial charge in [0.2, 0.25) is 0 Å². The van der Waals surface area contributed by atoms with Crippen LogP contribution in [0.1, 0.15) is 0 Å². The third-order valence-electron chi connectivity index (χ3n) is 1.87. The maximum Gasteiger partial charge on any atom is 0.416 e. The second kappa shape index (κ2) is 3.58. The molecule has 1 aliphatic heterocycles. The van der Waals surface area contributed by atoms with Crippen molar-refractivity contribution in [2.24, 2.45) is 5.92 Å². The van der Waals surface area contributed by atoms with E-state index in [2.05, 4.69) is 9.05 Å². The molecule has 0 amide bonds. The lowest BCUT2D eigenvalue weighted by molar-refractivity contribution is -0.198. The Hall–Kier alpha value is -0.500. The molecule has 1 fully saturated rings. The molecular formula is C7H8F3O3P. The van der Waals surface area contributed by atoms with Crippen LogP contribution in [0.5, 0.6) is 0 Å². The van der Waals surface area contributed by atoms with Crippen molar-refractivity contribution in [3.05, 3.63) is 0 Å². The summed E-state index contributed by atoms with van der Waals surface area (Å²) >= 11 is 0. The van der Waals surface area contributed by atoms with Gasteiger partial charge in [-0.1, -0.05) is 5.92 Å². The average Bonchev–Trinajstić information content (AvgIpc) is 2.43. The monoisotopic (exact) mass is 228 g/mol. The van der Waals surface area contributed by atoms with Gasteiger partial charge in [0.15, 0.2) is 6.10 Å². The summed E-state index contributed by atoms with van der Waals surface area (Å²) < 4.78 is 56.9. The second-order valence-corrected chi connectivity index (χ2v) is 4.98. The number of hydrogen-bond acceptors (Lipinski definition) is 3. The van der Waals surface area contributed by atoms with Gasteiger partial charge in [-0.3, -0.25) is 9.09 Å². The molecule has 1 aliphatic rings. The summed E-state index contributed by atoms with van der Waals surface area (Å²) in [5, 5.41) is 0.